The van der Waals surface area contributed by atoms with Gasteiger partial charge in [0.2, 0.25) is 0 Å². The number of benzene rings is 1. The molecule has 106 valence electrons. The molecule has 5 nitrogen and oxygen atoms in total. The van der Waals surface area contributed by atoms with Gasteiger partial charge in [0, 0.05) is 37.2 Å². The van der Waals surface area contributed by atoms with Gasteiger partial charge in [-0.2, -0.15) is 5.10 Å². The molecule has 3 rings (SSSR count). The van der Waals surface area contributed by atoms with Crippen molar-refractivity contribution in [3.05, 3.63) is 41.4 Å². The van der Waals surface area contributed by atoms with Gasteiger partial charge in [-0.3, -0.25) is 4.90 Å². The molecular formula is C14H18ClN5. The highest BCUT2D eigenvalue weighted by molar-refractivity contribution is 6.30. The van der Waals surface area contributed by atoms with Gasteiger partial charge in [-0.05, 0) is 24.6 Å². The molecule has 20 heavy (non-hydrogen) atoms. The third-order valence-electron chi connectivity index (χ3n) is 3.56. The molecule has 0 spiro atoms. The van der Waals surface area contributed by atoms with Crippen LogP contribution in [-0.4, -0.2) is 45.3 Å². The van der Waals surface area contributed by atoms with Crippen LogP contribution in [0.4, 0.5) is 0 Å². The minimum atomic E-state index is 0.533. The molecule has 2 aromatic rings. The Morgan fingerprint density at radius 2 is 2.35 bits per heavy atom. The van der Waals surface area contributed by atoms with Gasteiger partial charge in [-0.25, -0.2) is 9.67 Å². The van der Waals surface area contributed by atoms with Gasteiger partial charge in [0.25, 0.3) is 0 Å². The van der Waals surface area contributed by atoms with Crippen LogP contribution in [-0.2, 0) is 6.54 Å². The van der Waals surface area contributed by atoms with Gasteiger partial charge in [0.15, 0.2) is 0 Å². The second-order valence-electron chi connectivity index (χ2n) is 5.20. The largest absolute Gasteiger partial charge is 0.312 e. The van der Waals surface area contributed by atoms with E-state index in [1.807, 2.05) is 12.1 Å². The second-order valence-corrected chi connectivity index (χ2v) is 5.64. The van der Waals surface area contributed by atoms with Crippen molar-refractivity contribution >= 4 is 11.6 Å². The average molecular weight is 292 g/mol. The van der Waals surface area contributed by atoms with E-state index in [-0.39, 0.29) is 0 Å². The molecular weight excluding hydrogens is 274 g/mol. The maximum atomic E-state index is 6.11. The maximum absolute atomic E-state index is 6.11. The van der Waals surface area contributed by atoms with Crippen molar-refractivity contribution in [2.24, 2.45) is 0 Å². The van der Waals surface area contributed by atoms with Gasteiger partial charge in [-0.1, -0.05) is 17.7 Å². The Morgan fingerprint density at radius 3 is 3.10 bits per heavy atom. The minimum absolute atomic E-state index is 0.533. The Kier molecular flexibility index (Phi) is 4.00. The molecule has 1 aromatic heterocycles. The quantitative estimate of drug-likeness (QED) is 0.935. The molecule has 6 heteroatoms. The zero-order chi connectivity index (χ0) is 13.9. The van der Waals surface area contributed by atoms with Crippen molar-refractivity contribution in [3.8, 4) is 5.69 Å². The number of aromatic nitrogens is 3. The van der Waals surface area contributed by atoms with Crippen LogP contribution in [0.5, 0.6) is 0 Å². The summed E-state index contributed by atoms with van der Waals surface area (Å²) in [4.78, 5) is 6.46. The first-order valence-electron chi connectivity index (χ1n) is 6.81. The summed E-state index contributed by atoms with van der Waals surface area (Å²) in [5, 5.41) is 8.39. The summed E-state index contributed by atoms with van der Waals surface area (Å²) in [6.07, 6.45) is 3.24. The van der Waals surface area contributed by atoms with Gasteiger partial charge < -0.3 is 5.32 Å². The zero-order valence-electron chi connectivity index (χ0n) is 11.5. The van der Waals surface area contributed by atoms with E-state index in [0.717, 1.165) is 31.9 Å². The third-order valence-corrected chi connectivity index (χ3v) is 3.79. The van der Waals surface area contributed by atoms with Crippen LogP contribution >= 0.6 is 11.6 Å². The summed E-state index contributed by atoms with van der Waals surface area (Å²) in [6.45, 7) is 6.27. The maximum Gasteiger partial charge on any atom is 0.138 e. The van der Waals surface area contributed by atoms with E-state index in [1.54, 1.807) is 11.0 Å². The van der Waals surface area contributed by atoms with E-state index in [1.165, 1.54) is 11.9 Å². The summed E-state index contributed by atoms with van der Waals surface area (Å²) in [7, 11) is 0. The first kappa shape index (κ1) is 13.5. The Morgan fingerprint density at radius 1 is 1.45 bits per heavy atom. The summed E-state index contributed by atoms with van der Waals surface area (Å²) in [5.74, 6) is 0. The Labute approximate surface area is 123 Å². The van der Waals surface area contributed by atoms with Crippen molar-refractivity contribution in [2.45, 2.75) is 19.5 Å². The summed E-state index contributed by atoms with van der Waals surface area (Å²) >= 11 is 6.11. The zero-order valence-corrected chi connectivity index (χ0v) is 12.2. The highest BCUT2D eigenvalue weighted by atomic mass is 35.5. The van der Waals surface area contributed by atoms with Crippen LogP contribution in [0.15, 0.2) is 30.9 Å². The molecule has 1 atom stereocenters. The average Bonchev–Trinajstić information content (AvgIpc) is 2.95. The number of hydrogen-bond acceptors (Lipinski definition) is 4. The molecule has 1 aliphatic heterocycles. The van der Waals surface area contributed by atoms with Crippen molar-refractivity contribution in [3.63, 3.8) is 0 Å². The second kappa shape index (κ2) is 5.91. The molecule has 0 bridgehead atoms. The molecule has 1 fully saturated rings. The minimum Gasteiger partial charge on any atom is -0.312 e. The molecule has 0 unspecified atom stereocenters. The molecule has 0 saturated carbocycles. The first-order valence-corrected chi connectivity index (χ1v) is 7.19. The van der Waals surface area contributed by atoms with E-state index in [2.05, 4.69) is 33.3 Å². The van der Waals surface area contributed by atoms with Crippen molar-refractivity contribution in [2.75, 3.05) is 19.6 Å². The molecule has 0 amide bonds. The van der Waals surface area contributed by atoms with E-state index < -0.39 is 0 Å². The predicted octanol–water partition coefficient (Wildman–Crippen LogP) is 1.71. The fourth-order valence-corrected chi connectivity index (χ4v) is 2.78. The SMILES string of the molecule is C[C@H]1CN(Cc2ccc(Cl)cc2-n2cncn2)CCN1. The highest BCUT2D eigenvalue weighted by Crippen LogP contribution is 2.21. The van der Waals surface area contributed by atoms with Crippen LogP contribution in [0, 0.1) is 0 Å². The highest BCUT2D eigenvalue weighted by Gasteiger charge is 2.17. The van der Waals surface area contributed by atoms with Gasteiger partial charge in [0.05, 0.1) is 5.69 Å². The fourth-order valence-electron chi connectivity index (χ4n) is 2.61. The lowest BCUT2D eigenvalue weighted by Gasteiger charge is -2.32. The summed E-state index contributed by atoms with van der Waals surface area (Å²) in [6, 6.07) is 6.48. The smallest absolute Gasteiger partial charge is 0.138 e. The van der Waals surface area contributed by atoms with E-state index in [9.17, 15) is 0 Å². The van der Waals surface area contributed by atoms with Crippen LogP contribution in [0.2, 0.25) is 5.02 Å². The lowest BCUT2D eigenvalue weighted by atomic mass is 10.1. The van der Waals surface area contributed by atoms with Gasteiger partial charge in [-0.15, -0.1) is 0 Å². The standard InChI is InChI=1S/C14H18ClN5/c1-11-7-19(5-4-17-11)8-12-2-3-13(15)6-14(12)20-10-16-9-18-20/h2-3,6,9-11,17H,4-5,7-8H2,1H3/t11-/m0/s1. The number of rotatable bonds is 3. The van der Waals surface area contributed by atoms with Gasteiger partial charge in [0.1, 0.15) is 12.7 Å². The van der Waals surface area contributed by atoms with Crippen LogP contribution < -0.4 is 5.32 Å². The monoisotopic (exact) mass is 291 g/mol. The lowest BCUT2D eigenvalue weighted by molar-refractivity contribution is 0.199. The summed E-state index contributed by atoms with van der Waals surface area (Å²) in [5.41, 5.74) is 2.22. The molecule has 0 aliphatic carbocycles. The van der Waals surface area contributed by atoms with Crippen LogP contribution in [0.3, 0.4) is 0 Å². The molecule has 1 N–H and O–H groups in total. The third kappa shape index (κ3) is 3.00. The normalized spacial score (nSPS) is 20.2. The fraction of sp³-hybridized carbons (Fsp3) is 0.429. The van der Waals surface area contributed by atoms with Gasteiger partial charge >= 0.3 is 0 Å². The van der Waals surface area contributed by atoms with E-state index >= 15 is 0 Å². The first-order chi connectivity index (χ1) is 9.72. The Balaban J connectivity index is 1.85. The molecule has 2 heterocycles. The molecule has 1 aromatic carbocycles. The number of nitrogens with one attached hydrogen (secondary N) is 1. The van der Waals surface area contributed by atoms with E-state index in [0.29, 0.717) is 11.1 Å². The van der Waals surface area contributed by atoms with Crippen molar-refractivity contribution in [1.82, 2.24) is 25.0 Å². The molecule has 1 aliphatic rings. The topological polar surface area (TPSA) is 46.0 Å². The number of hydrogen-bond donors (Lipinski definition) is 1. The van der Waals surface area contributed by atoms with Crippen molar-refractivity contribution < 1.29 is 0 Å². The van der Waals surface area contributed by atoms with Crippen LogP contribution in [0.25, 0.3) is 5.69 Å². The summed E-state index contributed by atoms with van der Waals surface area (Å²) < 4.78 is 1.77. The number of piperazine rings is 1. The number of halogens is 1. The molecule has 0 radical (unpaired) electrons. The number of nitrogens with zero attached hydrogens (tertiary/aromatic N) is 4. The Hall–Kier alpha value is -1.43. The van der Waals surface area contributed by atoms with Crippen molar-refractivity contribution in [1.29, 1.82) is 0 Å². The van der Waals surface area contributed by atoms with Crippen LogP contribution in [0.1, 0.15) is 12.5 Å². The molecule has 1 saturated heterocycles. The Bertz CT molecular complexity index is 569. The lowest BCUT2D eigenvalue weighted by Crippen LogP contribution is -2.48. The predicted molar refractivity (Wildman–Crippen MR) is 79.1 cm³/mol. The van der Waals surface area contributed by atoms with E-state index in [4.69, 9.17) is 11.6 Å².